The number of sulfonamides is 1. The van der Waals surface area contributed by atoms with Crippen molar-refractivity contribution in [1.82, 2.24) is 8.87 Å². The van der Waals surface area contributed by atoms with Crippen molar-refractivity contribution in [2.75, 3.05) is 14.1 Å². The number of carbonyl (C=O) groups is 1. The molecule has 1 heterocycles. The van der Waals surface area contributed by atoms with Crippen LogP contribution in [-0.2, 0) is 16.6 Å². The Morgan fingerprint density at radius 2 is 1.77 bits per heavy atom. The highest BCUT2D eigenvalue weighted by atomic mass is 32.2. The monoisotopic (exact) mass is 389 g/mol. The van der Waals surface area contributed by atoms with Gasteiger partial charge in [-0.25, -0.2) is 12.7 Å². The van der Waals surface area contributed by atoms with Gasteiger partial charge in [-0.05, 0) is 43.3 Å². The van der Waals surface area contributed by atoms with Crippen LogP contribution in [0.15, 0.2) is 58.4 Å². The standard InChI is InChI=1S/C18H19N3O3S2/c1-4-21-15-7-5-6-8-16(15)25-18(21)19-17(22)13-9-11-14(12-10-13)26(23,24)20(2)3/h5-12H,4H2,1-3H3. The molecule has 0 spiro atoms. The number of nitrogens with zero attached hydrogens (tertiary/aromatic N) is 3. The van der Waals surface area contributed by atoms with E-state index in [0.717, 1.165) is 14.5 Å². The predicted octanol–water partition coefficient (Wildman–Crippen LogP) is 2.71. The molecule has 1 amide bonds. The van der Waals surface area contributed by atoms with Crippen LogP contribution in [0.5, 0.6) is 0 Å². The summed E-state index contributed by atoms with van der Waals surface area (Å²) in [5.41, 5.74) is 1.39. The number of carbonyl (C=O) groups excluding carboxylic acids is 1. The van der Waals surface area contributed by atoms with Crippen LogP contribution < -0.4 is 4.80 Å². The minimum atomic E-state index is -3.52. The van der Waals surface area contributed by atoms with Crippen molar-refractivity contribution in [3.8, 4) is 0 Å². The highest BCUT2D eigenvalue weighted by Crippen LogP contribution is 2.17. The summed E-state index contributed by atoms with van der Waals surface area (Å²) in [5.74, 6) is -0.396. The van der Waals surface area contributed by atoms with Crippen LogP contribution in [0.25, 0.3) is 10.2 Å². The number of para-hydroxylation sites is 1. The summed E-state index contributed by atoms with van der Waals surface area (Å²) in [6.07, 6.45) is 0. The van der Waals surface area contributed by atoms with Crippen molar-refractivity contribution in [3.63, 3.8) is 0 Å². The van der Waals surface area contributed by atoms with Crippen LogP contribution in [0.4, 0.5) is 0 Å². The molecule has 1 aromatic heterocycles. The van der Waals surface area contributed by atoms with Gasteiger partial charge in [0.1, 0.15) is 0 Å². The van der Waals surface area contributed by atoms with Crippen LogP contribution >= 0.6 is 11.3 Å². The second-order valence-corrected chi connectivity index (χ2v) is 8.99. The van der Waals surface area contributed by atoms with Crippen LogP contribution in [0.1, 0.15) is 17.3 Å². The van der Waals surface area contributed by atoms with Gasteiger partial charge in [0, 0.05) is 26.2 Å². The lowest BCUT2D eigenvalue weighted by Gasteiger charge is -2.11. The van der Waals surface area contributed by atoms with Gasteiger partial charge in [-0.2, -0.15) is 4.99 Å². The van der Waals surface area contributed by atoms with Crippen molar-refractivity contribution in [3.05, 3.63) is 58.9 Å². The lowest BCUT2D eigenvalue weighted by atomic mass is 10.2. The van der Waals surface area contributed by atoms with Gasteiger partial charge in [0.05, 0.1) is 15.1 Å². The number of amides is 1. The zero-order valence-electron chi connectivity index (χ0n) is 14.7. The third kappa shape index (κ3) is 3.35. The van der Waals surface area contributed by atoms with Crippen LogP contribution in [0.2, 0.25) is 0 Å². The molecule has 6 nitrogen and oxygen atoms in total. The molecule has 0 aliphatic rings. The predicted molar refractivity (Wildman–Crippen MR) is 103 cm³/mol. The zero-order valence-corrected chi connectivity index (χ0v) is 16.3. The second-order valence-electron chi connectivity index (χ2n) is 5.83. The van der Waals surface area contributed by atoms with E-state index in [-0.39, 0.29) is 4.90 Å². The van der Waals surface area contributed by atoms with Gasteiger partial charge in [-0.3, -0.25) is 4.79 Å². The van der Waals surface area contributed by atoms with E-state index in [9.17, 15) is 13.2 Å². The summed E-state index contributed by atoms with van der Waals surface area (Å²) in [4.78, 5) is 17.5. The van der Waals surface area contributed by atoms with E-state index in [2.05, 4.69) is 4.99 Å². The molecule has 26 heavy (non-hydrogen) atoms. The number of aromatic nitrogens is 1. The first-order valence-corrected chi connectivity index (χ1v) is 10.3. The van der Waals surface area contributed by atoms with E-state index in [1.165, 1.54) is 49.7 Å². The Morgan fingerprint density at radius 1 is 1.12 bits per heavy atom. The average Bonchev–Trinajstić information content (AvgIpc) is 2.98. The first kappa shape index (κ1) is 18.5. The third-order valence-electron chi connectivity index (χ3n) is 3.98. The van der Waals surface area contributed by atoms with Crippen LogP contribution in [0.3, 0.4) is 0 Å². The molecule has 0 saturated heterocycles. The minimum absolute atomic E-state index is 0.143. The Kier molecular flexibility index (Phi) is 5.08. The minimum Gasteiger partial charge on any atom is -0.317 e. The highest BCUT2D eigenvalue weighted by Gasteiger charge is 2.17. The van der Waals surface area contributed by atoms with Gasteiger partial charge in [0.2, 0.25) is 10.0 Å². The van der Waals surface area contributed by atoms with E-state index in [0.29, 0.717) is 16.9 Å². The van der Waals surface area contributed by atoms with Crippen LogP contribution in [-0.4, -0.2) is 37.3 Å². The topological polar surface area (TPSA) is 71.7 Å². The van der Waals surface area contributed by atoms with E-state index < -0.39 is 15.9 Å². The quantitative estimate of drug-likeness (QED) is 0.689. The zero-order chi connectivity index (χ0) is 18.9. The van der Waals surface area contributed by atoms with Crippen molar-refractivity contribution >= 4 is 37.5 Å². The Hall–Kier alpha value is -2.29. The van der Waals surface area contributed by atoms with Crippen molar-refractivity contribution in [1.29, 1.82) is 0 Å². The first-order valence-electron chi connectivity index (χ1n) is 8.04. The van der Waals surface area contributed by atoms with E-state index in [1.807, 2.05) is 35.8 Å². The van der Waals surface area contributed by atoms with E-state index in [4.69, 9.17) is 0 Å². The molecule has 3 aromatic rings. The second kappa shape index (κ2) is 7.14. The summed E-state index contributed by atoms with van der Waals surface area (Å²) in [6, 6.07) is 13.7. The Balaban J connectivity index is 2.00. The van der Waals surface area contributed by atoms with Gasteiger partial charge in [0.25, 0.3) is 5.91 Å². The smallest absolute Gasteiger partial charge is 0.279 e. The molecule has 0 fully saturated rings. The Labute approximate surface area is 156 Å². The number of hydrogen-bond acceptors (Lipinski definition) is 4. The maximum Gasteiger partial charge on any atom is 0.279 e. The fraction of sp³-hybridized carbons (Fsp3) is 0.222. The molecule has 0 N–H and O–H groups in total. The largest absolute Gasteiger partial charge is 0.317 e. The number of thiazole rings is 1. The van der Waals surface area contributed by atoms with Gasteiger partial charge in [-0.15, -0.1) is 0 Å². The molecule has 2 aromatic carbocycles. The lowest BCUT2D eigenvalue weighted by molar-refractivity contribution is 0.0997. The number of fused-ring (bicyclic) bond motifs is 1. The van der Waals surface area contributed by atoms with Crippen molar-refractivity contribution in [2.45, 2.75) is 18.4 Å². The summed E-state index contributed by atoms with van der Waals surface area (Å²) in [6.45, 7) is 2.71. The molecule has 3 rings (SSSR count). The number of hydrogen-bond donors (Lipinski definition) is 0. The number of rotatable bonds is 4. The van der Waals surface area contributed by atoms with Gasteiger partial charge >= 0.3 is 0 Å². The van der Waals surface area contributed by atoms with E-state index in [1.54, 1.807) is 0 Å². The fourth-order valence-corrected chi connectivity index (χ4v) is 4.54. The summed E-state index contributed by atoms with van der Waals surface area (Å²) < 4.78 is 28.4. The molecule has 0 saturated carbocycles. The summed E-state index contributed by atoms with van der Waals surface area (Å²) >= 11 is 1.46. The fourth-order valence-electron chi connectivity index (χ4n) is 2.54. The maximum absolute atomic E-state index is 12.5. The van der Waals surface area contributed by atoms with Crippen LogP contribution in [0, 0.1) is 0 Å². The summed E-state index contributed by atoms with van der Waals surface area (Å²) in [7, 11) is -0.583. The number of aryl methyl sites for hydroxylation is 1. The molecule has 0 radical (unpaired) electrons. The van der Waals surface area contributed by atoms with E-state index >= 15 is 0 Å². The Morgan fingerprint density at radius 3 is 2.38 bits per heavy atom. The molecule has 0 unspecified atom stereocenters. The van der Waals surface area contributed by atoms with Crippen molar-refractivity contribution < 1.29 is 13.2 Å². The highest BCUT2D eigenvalue weighted by molar-refractivity contribution is 7.89. The molecule has 0 aliphatic heterocycles. The molecule has 8 heteroatoms. The summed E-state index contributed by atoms with van der Waals surface area (Å²) in [5, 5.41) is 0. The number of benzene rings is 2. The SMILES string of the molecule is CCn1c(=NC(=O)c2ccc(S(=O)(=O)N(C)C)cc2)sc2ccccc21. The van der Waals surface area contributed by atoms with Gasteiger partial charge in [0.15, 0.2) is 4.80 Å². The van der Waals surface area contributed by atoms with Gasteiger partial charge in [-0.1, -0.05) is 23.5 Å². The molecular weight excluding hydrogens is 370 g/mol. The average molecular weight is 390 g/mol. The lowest BCUT2D eigenvalue weighted by Crippen LogP contribution is -2.22. The molecular formula is C18H19N3O3S2. The maximum atomic E-state index is 12.5. The molecule has 0 aliphatic carbocycles. The first-order chi connectivity index (χ1) is 12.3. The Bertz CT molecular complexity index is 1120. The van der Waals surface area contributed by atoms with Crippen molar-refractivity contribution in [2.24, 2.45) is 4.99 Å². The molecule has 0 atom stereocenters. The normalized spacial score (nSPS) is 12.8. The van der Waals surface area contributed by atoms with Gasteiger partial charge < -0.3 is 4.57 Å². The molecule has 136 valence electrons. The molecule has 0 bridgehead atoms. The third-order valence-corrected chi connectivity index (χ3v) is 6.87.